The first-order valence-electron chi connectivity index (χ1n) is 5.71. The van der Waals surface area contributed by atoms with Crippen molar-refractivity contribution in [1.82, 2.24) is 5.32 Å². The van der Waals surface area contributed by atoms with Crippen LogP contribution in [0.5, 0.6) is 11.5 Å². The van der Waals surface area contributed by atoms with E-state index in [1.807, 2.05) is 12.1 Å². The Hall–Kier alpha value is -1.75. The van der Waals surface area contributed by atoms with E-state index in [4.69, 9.17) is 9.47 Å². The molecule has 0 aliphatic carbocycles. The van der Waals surface area contributed by atoms with Crippen molar-refractivity contribution in [2.45, 2.75) is 6.42 Å². The number of anilines is 1. The zero-order valence-electron chi connectivity index (χ0n) is 9.36. The van der Waals surface area contributed by atoms with Gasteiger partial charge in [-0.15, -0.1) is 0 Å². The molecule has 2 aliphatic heterocycles. The molecular formula is C12H14N2O3. The van der Waals surface area contributed by atoms with Crippen LogP contribution in [-0.2, 0) is 4.79 Å². The van der Waals surface area contributed by atoms with E-state index in [0.29, 0.717) is 18.1 Å². The lowest BCUT2D eigenvalue weighted by Crippen LogP contribution is -2.43. The van der Waals surface area contributed by atoms with Crippen LogP contribution in [0.3, 0.4) is 0 Å². The maximum atomic E-state index is 11.7. The minimum absolute atomic E-state index is 0.0513. The summed E-state index contributed by atoms with van der Waals surface area (Å²) in [5.74, 6) is 1.94. The molecule has 0 aromatic heterocycles. The van der Waals surface area contributed by atoms with Crippen molar-refractivity contribution >= 4 is 11.6 Å². The third-order valence-electron chi connectivity index (χ3n) is 3.00. The molecule has 5 nitrogen and oxygen atoms in total. The van der Waals surface area contributed by atoms with Crippen LogP contribution in [0.15, 0.2) is 18.2 Å². The molecule has 1 aromatic carbocycles. The summed E-state index contributed by atoms with van der Waals surface area (Å²) in [5.41, 5.74) is 0.756. The molecule has 2 N–H and O–H groups in total. The molecule has 1 amide bonds. The fourth-order valence-corrected chi connectivity index (χ4v) is 1.94. The lowest BCUT2D eigenvalue weighted by Gasteiger charge is -2.26. The molecule has 0 bridgehead atoms. The Morgan fingerprint density at radius 1 is 1.35 bits per heavy atom. The largest absolute Gasteiger partial charge is 0.454 e. The molecule has 1 aromatic rings. The first-order valence-corrected chi connectivity index (χ1v) is 5.71. The lowest BCUT2D eigenvalue weighted by molar-refractivity contribution is -0.117. The minimum atomic E-state index is 0.0513. The average Bonchev–Trinajstić information content (AvgIpc) is 2.71. The predicted octanol–water partition coefficient (Wildman–Crippen LogP) is 0.963. The maximum Gasteiger partial charge on any atom is 0.231 e. The molecule has 0 radical (unpaired) electrons. The summed E-state index contributed by atoms with van der Waals surface area (Å²) in [6.45, 7) is 2.13. The number of ether oxygens (including phenoxy) is 2. The number of hydrogen-bond donors (Lipinski definition) is 2. The Morgan fingerprint density at radius 3 is 2.94 bits per heavy atom. The van der Waals surface area contributed by atoms with E-state index in [2.05, 4.69) is 10.6 Å². The van der Waals surface area contributed by atoms with E-state index < -0.39 is 0 Å². The molecule has 3 rings (SSSR count). The van der Waals surface area contributed by atoms with Crippen LogP contribution in [0.4, 0.5) is 5.69 Å². The SMILES string of the molecule is O=C(CC1CNC1)Nc1ccc2c(c1)OCO2. The van der Waals surface area contributed by atoms with Crippen molar-refractivity contribution in [3.63, 3.8) is 0 Å². The molecule has 2 heterocycles. The van der Waals surface area contributed by atoms with E-state index in [-0.39, 0.29) is 12.7 Å². The second-order valence-corrected chi connectivity index (χ2v) is 4.34. The molecular weight excluding hydrogens is 220 g/mol. The van der Waals surface area contributed by atoms with Gasteiger partial charge in [0.15, 0.2) is 11.5 Å². The average molecular weight is 234 g/mol. The minimum Gasteiger partial charge on any atom is -0.454 e. The van der Waals surface area contributed by atoms with Gasteiger partial charge in [-0.05, 0) is 31.1 Å². The second-order valence-electron chi connectivity index (χ2n) is 4.34. The molecule has 0 unspecified atom stereocenters. The third-order valence-corrected chi connectivity index (χ3v) is 3.00. The van der Waals surface area contributed by atoms with Crippen LogP contribution < -0.4 is 20.1 Å². The monoisotopic (exact) mass is 234 g/mol. The van der Waals surface area contributed by atoms with Crippen molar-refractivity contribution in [3.8, 4) is 11.5 Å². The van der Waals surface area contributed by atoms with E-state index in [9.17, 15) is 4.79 Å². The zero-order chi connectivity index (χ0) is 11.7. The van der Waals surface area contributed by atoms with Crippen molar-refractivity contribution in [2.75, 3.05) is 25.2 Å². The predicted molar refractivity (Wildman–Crippen MR) is 62.2 cm³/mol. The highest BCUT2D eigenvalue weighted by atomic mass is 16.7. The number of carbonyl (C=O) groups is 1. The van der Waals surface area contributed by atoms with Crippen LogP contribution in [-0.4, -0.2) is 25.8 Å². The van der Waals surface area contributed by atoms with Gasteiger partial charge in [-0.2, -0.15) is 0 Å². The molecule has 17 heavy (non-hydrogen) atoms. The fraction of sp³-hybridized carbons (Fsp3) is 0.417. The van der Waals surface area contributed by atoms with Gasteiger partial charge in [-0.25, -0.2) is 0 Å². The zero-order valence-corrected chi connectivity index (χ0v) is 9.36. The van der Waals surface area contributed by atoms with Gasteiger partial charge in [0.25, 0.3) is 0 Å². The summed E-state index contributed by atoms with van der Waals surface area (Å²) in [4.78, 5) is 11.7. The molecule has 0 saturated carbocycles. The van der Waals surface area contributed by atoms with E-state index >= 15 is 0 Å². The van der Waals surface area contributed by atoms with Gasteiger partial charge in [0.2, 0.25) is 12.7 Å². The Bertz CT molecular complexity index is 443. The smallest absolute Gasteiger partial charge is 0.231 e. The summed E-state index contributed by atoms with van der Waals surface area (Å²) in [5, 5.41) is 6.02. The van der Waals surface area contributed by atoms with Gasteiger partial charge in [0.05, 0.1) is 0 Å². The number of amides is 1. The van der Waals surface area contributed by atoms with Crippen molar-refractivity contribution in [2.24, 2.45) is 5.92 Å². The van der Waals surface area contributed by atoms with Crippen LogP contribution in [0, 0.1) is 5.92 Å². The fourth-order valence-electron chi connectivity index (χ4n) is 1.94. The van der Waals surface area contributed by atoms with E-state index in [0.717, 1.165) is 24.5 Å². The molecule has 2 aliphatic rings. The van der Waals surface area contributed by atoms with Crippen LogP contribution >= 0.6 is 0 Å². The summed E-state index contributed by atoms with van der Waals surface area (Å²) >= 11 is 0. The van der Waals surface area contributed by atoms with E-state index in [1.165, 1.54) is 0 Å². The Balaban J connectivity index is 1.62. The van der Waals surface area contributed by atoms with Gasteiger partial charge in [-0.3, -0.25) is 4.79 Å². The van der Waals surface area contributed by atoms with Crippen molar-refractivity contribution < 1.29 is 14.3 Å². The summed E-state index contributed by atoms with van der Waals surface area (Å²) in [7, 11) is 0. The van der Waals surface area contributed by atoms with Gasteiger partial charge in [-0.1, -0.05) is 0 Å². The molecule has 1 fully saturated rings. The molecule has 0 atom stereocenters. The molecule has 5 heteroatoms. The Labute approximate surface area is 99.1 Å². The van der Waals surface area contributed by atoms with Gasteiger partial charge in [0.1, 0.15) is 0 Å². The normalized spacial score (nSPS) is 17.6. The highest BCUT2D eigenvalue weighted by Gasteiger charge is 2.20. The van der Waals surface area contributed by atoms with Gasteiger partial charge < -0.3 is 20.1 Å². The maximum absolute atomic E-state index is 11.7. The van der Waals surface area contributed by atoms with Crippen LogP contribution in [0.1, 0.15) is 6.42 Å². The number of rotatable bonds is 3. The summed E-state index contributed by atoms with van der Waals surface area (Å²) < 4.78 is 10.5. The van der Waals surface area contributed by atoms with E-state index in [1.54, 1.807) is 6.07 Å². The first-order chi connectivity index (χ1) is 8.31. The molecule has 1 saturated heterocycles. The quantitative estimate of drug-likeness (QED) is 0.818. The topological polar surface area (TPSA) is 59.6 Å². The Morgan fingerprint density at radius 2 is 2.18 bits per heavy atom. The Kier molecular flexibility index (Phi) is 2.60. The van der Waals surface area contributed by atoms with Crippen molar-refractivity contribution in [1.29, 1.82) is 0 Å². The number of hydrogen-bond acceptors (Lipinski definition) is 4. The number of benzene rings is 1. The standard InChI is InChI=1S/C12H14N2O3/c15-12(3-8-5-13-6-8)14-9-1-2-10-11(4-9)17-7-16-10/h1-2,4,8,13H,3,5-7H2,(H,14,15). The lowest BCUT2D eigenvalue weighted by atomic mass is 9.99. The summed E-state index contributed by atoms with van der Waals surface area (Å²) in [6, 6.07) is 5.42. The molecule has 0 spiro atoms. The van der Waals surface area contributed by atoms with Gasteiger partial charge >= 0.3 is 0 Å². The van der Waals surface area contributed by atoms with Crippen molar-refractivity contribution in [3.05, 3.63) is 18.2 Å². The highest BCUT2D eigenvalue weighted by molar-refractivity contribution is 5.91. The number of nitrogens with one attached hydrogen (secondary N) is 2. The van der Waals surface area contributed by atoms with Gasteiger partial charge in [0, 0.05) is 18.2 Å². The highest BCUT2D eigenvalue weighted by Crippen LogP contribution is 2.34. The van der Waals surface area contributed by atoms with Crippen LogP contribution in [0.25, 0.3) is 0 Å². The second kappa shape index (κ2) is 4.25. The molecule has 90 valence electrons. The first kappa shape index (κ1) is 10.4. The van der Waals surface area contributed by atoms with Crippen LogP contribution in [0.2, 0.25) is 0 Å². The third kappa shape index (κ3) is 2.19. The summed E-state index contributed by atoms with van der Waals surface area (Å²) in [6.07, 6.45) is 0.571. The number of carbonyl (C=O) groups excluding carboxylic acids is 1. The number of fused-ring (bicyclic) bond motifs is 1.